The number of carbonyl (C=O) groups is 1. The van der Waals surface area contributed by atoms with Crippen LogP contribution in [0.3, 0.4) is 0 Å². The summed E-state index contributed by atoms with van der Waals surface area (Å²) in [5, 5.41) is 13.2. The number of anilines is 1. The van der Waals surface area contributed by atoms with Crippen molar-refractivity contribution in [3.05, 3.63) is 57.6 Å². The Hall–Kier alpha value is -1.71. The second-order valence-electron chi connectivity index (χ2n) is 4.08. The SMILES string of the molecule is Cc1ccc(NC(=O)c2cc(Cl)ccc2O)cc1Cl. The minimum atomic E-state index is -0.445. The quantitative estimate of drug-likeness (QED) is 0.870. The summed E-state index contributed by atoms with van der Waals surface area (Å²) in [7, 11) is 0. The number of hydrogen-bond acceptors (Lipinski definition) is 2. The van der Waals surface area contributed by atoms with Crippen molar-refractivity contribution in [1.29, 1.82) is 0 Å². The Morgan fingerprint density at radius 1 is 1.16 bits per heavy atom. The number of halogens is 2. The molecule has 2 aromatic carbocycles. The second kappa shape index (κ2) is 5.51. The lowest BCUT2D eigenvalue weighted by Gasteiger charge is -2.08. The highest BCUT2D eigenvalue weighted by atomic mass is 35.5. The van der Waals surface area contributed by atoms with Crippen LogP contribution in [0.1, 0.15) is 15.9 Å². The van der Waals surface area contributed by atoms with E-state index in [0.29, 0.717) is 15.7 Å². The van der Waals surface area contributed by atoms with E-state index in [0.717, 1.165) is 5.56 Å². The molecule has 19 heavy (non-hydrogen) atoms. The van der Waals surface area contributed by atoms with Gasteiger partial charge in [0.2, 0.25) is 0 Å². The molecular weight excluding hydrogens is 285 g/mol. The van der Waals surface area contributed by atoms with Crippen molar-refractivity contribution in [2.45, 2.75) is 6.92 Å². The molecule has 0 radical (unpaired) electrons. The zero-order valence-corrected chi connectivity index (χ0v) is 11.6. The van der Waals surface area contributed by atoms with Gasteiger partial charge in [0, 0.05) is 15.7 Å². The van der Waals surface area contributed by atoms with Crippen LogP contribution in [0, 0.1) is 6.92 Å². The summed E-state index contributed by atoms with van der Waals surface area (Å²) in [5.74, 6) is -0.569. The molecule has 0 heterocycles. The van der Waals surface area contributed by atoms with Gasteiger partial charge in [-0.05, 0) is 42.8 Å². The zero-order chi connectivity index (χ0) is 14.0. The number of phenols is 1. The largest absolute Gasteiger partial charge is 0.507 e. The summed E-state index contributed by atoms with van der Waals surface area (Å²) >= 11 is 11.8. The summed E-state index contributed by atoms with van der Waals surface area (Å²) in [6.07, 6.45) is 0. The van der Waals surface area contributed by atoms with Crippen molar-refractivity contribution in [3.8, 4) is 5.75 Å². The van der Waals surface area contributed by atoms with Crippen molar-refractivity contribution in [2.75, 3.05) is 5.32 Å². The molecule has 0 unspecified atom stereocenters. The van der Waals surface area contributed by atoms with Crippen LogP contribution in [-0.4, -0.2) is 11.0 Å². The first-order chi connectivity index (χ1) is 8.97. The molecule has 2 aromatic rings. The molecule has 0 aromatic heterocycles. The van der Waals surface area contributed by atoms with E-state index in [1.54, 1.807) is 18.2 Å². The Morgan fingerprint density at radius 2 is 1.89 bits per heavy atom. The Labute approximate surface area is 120 Å². The van der Waals surface area contributed by atoms with E-state index in [1.807, 2.05) is 6.92 Å². The zero-order valence-electron chi connectivity index (χ0n) is 10.1. The number of amides is 1. The van der Waals surface area contributed by atoms with Gasteiger partial charge in [0.1, 0.15) is 5.75 Å². The summed E-state index contributed by atoms with van der Waals surface area (Å²) < 4.78 is 0. The summed E-state index contributed by atoms with van der Waals surface area (Å²) in [6, 6.07) is 9.48. The van der Waals surface area contributed by atoms with Gasteiger partial charge in [-0.3, -0.25) is 4.79 Å². The molecule has 2 rings (SSSR count). The van der Waals surface area contributed by atoms with Gasteiger partial charge < -0.3 is 10.4 Å². The van der Waals surface area contributed by atoms with Crippen LogP contribution in [0.2, 0.25) is 10.0 Å². The fraction of sp³-hybridized carbons (Fsp3) is 0.0714. The van der Waals surface area contributed by atoms with Crippen LogP contribution >= 0.6 is 23.2 Å². The monoisotopic (exact) mass is 295 g/mol. The Kier molecular flexibility index (Phi) is 3.98. The third-order valence-corrected chi connectivity index (χ3v) is 3.28. The van der Waals surface area contributed by atoms with Crippen LogP contribution in [0.15, 0.2) is 36.4 Å². The number of aromatic hydroxyl groups is 1. The third-order valence-electron chi connectivity index (χ3n) is 2.63. The van der Waals surface area contributed by atoms with Crippen LogP contribution < -0.4 is 5.32 Å². The van der Waals surface area contributed by atoms with Gasteiger partial charge >= 0.3 is 0 Å². The smallest absolute Gasteiger partial charge is 0.259 e. The topological polar surface area (TPSA) is 49.3 Å². The van der Waals surface area contributed by atoms with Crippen molar-refractivity contribution < 1.29 is 9.90 Å². The molecule has 2 N–H and O–H groups in total. The molecule has 0 aliphatic carbocycles. The number of rotatable bonds is 2. The number of phenolic OH excluding ortho intramolecular Hbond substituents is 1. The number of aryl methyl sites for hydroxylation is 1. The predicted molar refractivity (Wildman–Crippen MR) is 77.3 cm³/mol. The summed E-state index contributed by atoms with van der Waals surface area (Å²) in [5.41, 5.74) is 1.59. The van der Waals surface area contributed by atoms with Crippen molar-refractivity contribution >= 4 is 34.8 Å². The Balaban J connectivity index is 2.25. The van der Waals surface area contributed by atoms with Gasteiger partial charge in [-0.2, -0.15) is 0 Å². The highest BCUT2D eigenvalue weighted by Crippen LogP contribution is 2.24. The molecule has 3 nitrogen and oxygen atoms in total. The minimum absolute atomic E-state index is 0.115. The number of benzene rings is 2. The van der Waals surface area contributed by atoms with Gasteiger partial charge in [-0.25, -0.2) is 0 Å². The van der Waals surface area contributed by atoms with E-state index >= 15 is 0 Å². The number of hydrogen-bond donors (Lipinski definition) is 2. The maximum atomic E-state index is 12.0. The van der Waals surface area contributed by atoms with E-state index < -0.39 is 5.91 Å². The molecule has 0 atom stereocenters. The molecule has 0 spiro atoms. The van der Waals surface area contributed by atoms with E-state index in [2.05, 4.69) is 5.32 Å². The van der Waals surface area contributed by atoms with Crippen LogP contribution in [0.25, 0.3) is 0 Å². The fourth-order valence-electron chi connectivity index (χ4n) is 1.56. The molecule has 0 saturated heterocycles. The molecule has 98 valence electrons. The lowest BCUT2D eigenvalue weighted by molar-refractivity contribution is 0.102. The maximum absolute atomic E-state index is 12.0. The summed E-state index contributed by atoms with van der Waals surface area (Å²) in [4.78, 5) is 12.0. The highest BCUT2D eigenvalue weighted by Gasteiger charge is 2.12. The van der Waals surface area contributed by atoms with E-state index in [4.69, 9.17) is 23.2 Å². The van der Waals surface area contributed by atoms with Crippen molar-refractivity contribution in [1.82, 2.24) is 0 Å². The maximum Gasteiger partial charge on any atom is 0.259 e. The minimum Gasteiger partial charge on any atom is -0.507 e. The van der Waals surface area contributed by atoms with Crippen molar-refractivity contribution in [2.24, 2.45) is 0 Å². The summed E-state index contributed by atoms with van der Waals surface area (Å²) in [6.45, 7) is 1.87. The first-order valence-electron chi connectivity index (χ1n) is 5.53. The first kappa shape index (κ1) is 13.7. The van der Waals surface area contributed by atoms with Crippen LogP contribution in [0.4, 0.5) is 5.69 Å². The third kappa shape index (κ3) is 3.19. The van der Waals surface area contributed by atoms with Crippen LogP contribution in [-0.2, 0) is 0 Å². The molecule has 0 aliphatic heterocycles. The van der Waals surface area contributed by atoms with E-state index in [-0.39, 0.29) is 11.3 Å². The molecule has 0 fully saturated rings. The van der Waals surface area contributed by atoms with E-state index in [1.165, 1.54) is 18.2 Å². The van der Waals surface area contributed by atoms with E-state index in [9.17, 15) is 9.90 Å². The predicted octanol–water partition coefficient (Wildman–Crippen LogP) is 4.26. The standard InChI is InChI=1S/C14H11Cl2NO2/c1-8-2-4-10(7-12(8)16)17-14(19)11-6-9(15)3-5-13(11)18/h2-7,18H,1H3,(H,17,19). The van der Waals surface area contributed by atoms with Gasteiger partial charge in [-0.15, -0.1) is 0 Å². The normalized spacial score (nSPS) is 10.3. The number of nitrogens with one attached hydrogen (secondary N) is 1. The van der Waals surface area contributed by atoms with Gasteiger partial charge in [0.25, 0.3) is 5.91 Å². The Morgan fingerprint density at radius 3 is 2.58 bits per heavy atom. The van der Waals surface area contributed by atoms with Gasteiger partial charge in [0.15, 0.2) is 0 Å². The van der Waals surface area contributed by atoms with Gasteiger partial charge in [0.05, 0.1) is 5.56 Å². The highest BCUT2D eigenvalue weighted by molar-refractivity contribution is 6.32. The van der Waals surface area contributed by atoms with Crippen molar-refractivity contribution in [3.63, 3.8) is 0 Å². The molecule has 1 amide bonds. The van der Waals surface area contributed by atoms with Gasteiger partial charge in [-0.1, -0.05) is 29.3 Å². The molecule has 0 aliphatic rings. The average Bonchev–Trinajstić information content (AvgIpc) is 2.36. The lowest BCUT2D eigenvalue weighted by Crippen LogP contribution is -2.12. The molecule has 0 saturated carbocycles. The second-order valence-corrected chi connectivity index (χ2v) is 4.92. The lowest BCUT2D eigenvalue weighted by atomic mass is 10.1. The first-order valence-corrected chi connectivity index (χ1v) is 6.29. The fourth-order valence-corrected chi connectivity index (χ4v) is 1.91. The molecular formula is C14H11Cl2NO2. The molecule has 5 heteroatoms. The van der Waals surface area contributed by atoms with Crippen LogP contribution in [0.5, 0.6) is 5.75 Å². The average molecular weight is 296 g/mol. The Bertz CT molecular complexity index is 641. The molecule has 0 bridgehead atoms. The number of carbonyl (C=O) groups excluding carboxylic acids is 1.